The van der Waals surface area contributed by atoms with Gasteiger partial charge in [-0.15, -0.1) is 11.3 Å². The SMILES string of the molecule is Cc1cc(C)cc(CC(=O)Cc2ccc(Cl)s2)c1. The molecule has 1 aromatic heterocycles. The lowest BCUT2D eigenvalue weighted by atomic mass is 10.0. The summed E-state index contributed by atoms with van der Waals surface area (Å²) in [4.78, 5) is 13.0. The quantitative estimate of drug-likeness (QED) is 0.811. The number of hydrogen-bond donors (Lipinski definition) is 0. The molecule has 2 rings (SSSR count). The molecular weight excluding hydrogens is 264 g/mol. The zero-order chi connectivity index (χ0) is 13.1. The molecule has 1 heterocycles. The van der Waals surface area contributed by atoms with Crippen LogP contribution in [0, 0.1) is 13.8 Å². The third-order valence-corrected chi connectivity index (χ3v) is 3.91. The molecule has 0 atom stereocenters. The zero-order valence-corrected chi connectivity index (χ0v) is 12.1. The minimum atomic E-state index is 0.235. The van der Waals surface area contributed by atoms with Crippen molar-refractivity contribution in [1.29, 1.82) is 0 Å². The molecule has 0 aliphatic carbocycles. The van der Waals surface area contributed by atoms with Crippen LogP contribution in [0.15, 0.2) is 30.3 Å². The Morgan fingerprint density at radius 3 is 2.33 bits per heavy atom. The monoisotopic (exact) mass is 278 g/mol. The van der Waals surface area contributed by atoms with Crippen molar-refractivity contribution in [3.63, 3.8) is 0 Å². The molecular formula is C15H15ClOS. The van der Waals surface area contributed by atoms with Crippen LogP contribution >= 0.6 is 22.9 Å². The van der Waals surface area contributed by atoms with Crippen molar-refractivity contribution >= 4 is 28.7 Å². The summed E-state index contributed by atoms with van der Waals surface area (Å²) in [6.07, 6.45) is 0.975. The Kier molecular flexibility index (Phi) is 4.20. The number of carbonyl (C=O) groups excluding carboxylic acids is 1. The Morgan fingerprint density at radius 2 is 1.78 bits per heavy atom. The lowest BCUT2D eigenvalue weighted by Gasteiger charge is -2.04. The fraction of sp³-hybridized carbons (Fsp3) is 0.267. The van der Waals surface area contributed by atoms with Crippen LogP contribution < -0.4 is 0 Å². The van der Waals surface area contributed by atoms with Gasteiger partial charge in [-0.25, -0.2) is 0 Å². The van der Waals surface area contributed by atoms with Gasteiger partial charge in [0.05, 0.1) is 4.34 Å². The molecule has 0 spiro atoms. The fourth-order valence-corrected chi connectivity index (χ4v) is 3.22. The smallest absolute Gasteiger partial charge is 0.142 e. The molecule has 0 aliphatic heterocycles. The molecule has 18 heavy (non-hydrogen) atoms. The number of hydrogen-bond acceptors (Lipinski definition) is 2. The molecule has 0 saturated carbocycles. The number of aryl methyl sites for hydroxylation is 2. The average molecular weight is 279 g/mol. The summed E-state index contributed by atoms with van der Waals surface area (Å²) in [6.45, 7) is 4.11. The maximum Gasteiger partial charge on any atom is 0.142 e. The van der Waals surface area contributed by atoms with E-state index in [1.807, 2.05) is 12.1 Å². The fourth-order valence-electron chi connectivity index (χ4n) is 2.10. The molecule has 94 valence electrons. The molecule has 2 aromatic rings. The normalized spacial score (nSPS) is 10.6. The number of thiophene rings is 1. The molecule has 0 N–H and O–H groups in total. The summed E-state index contributed by atoms with van der Waals surface area (Å²) < 4.78 is 0.740. The van der Waals surface area contributed by atoms with Crippen molar-refractivity contribution in [2.45, 2.75) is 26.7 Å². The summed E-state index contributed by atoms with van der Waals surface area (Å²) in [5.41, 5.74) is 3.51. The Morgan fingerprint density at radius 1 is 1.11 bits per heavy atom. The Hall–Kier alpha value is -1.12. The van der Waals surface area contributed by atoms with Gasteiger partial charge in [0, 0.05) is 17.7 Å². The van der Waals surface area contributed by atoms with E-state index in [1.54, 1.807) is 0 Å². The lowest BCUT2D eigenvalue weighted by Crippen LogP contribution is -2.05. The highest BCUT2D eigenvalue weighted by molar-refractivity contribution is 7.16. The minimum absolute atomic E-state index is 0.235. The zero-order valence-electron chi connectivity index (χ0n) is 10.5. The van der Waals surface area contributed by atoms with Gasteiger partial charge in [0.1, 0.15) is 5.78 Å². The number of ketones is 1. The molecule has 0 saturated heterocycles. The van der Waals surface area contributed by atoms with Crippen LogP contribution in [-0.4, -0.2) is 5.78 Å². The van der Waals surface area contributed by atoms with Crippen molar-refractivity contribution in [1.82, 2.24) is 0 Å². The summed E-state index contributed by atoms with van der Waals surface area (Å²) in [5.74, 6) is 0.235. The van der Waals surface area contributed by atoms with Crippen molar-refractivity contribution in [2.75, 3.05) is 0 Å². The van der Waals surface area contributed by atoms with E-state index in [9.17, 15) is 4.79 Å². The largest absolute Gasteiger partial charge is 0.299 e. The predicted molar refractivity (Wildman–Crippen MR) is 77.7 cm³/mol. The van der Waals surface area contributed by atoms with E-state index in [1.165, 1.54) is 22.5 Å². The maximum absolute atomic E-state index is 12.0. The molecule has 0 radical (unpaired) electrons. The molecule has 1 nitrogen and oxygen atoms in total. The molecule has 0 fully saturated rings. The minimum Gasteiger partial charge on any atom is -0.299 e. The van der Waals surface area contributed by atoms with E-state index >= 15 is 0 Å². The standard InChI is InChI=1S/C15H15ClOS/c1-10-5-11(2)7-12(6-10)8-13(17)9-14-3-4-15(16)18-14/h3-7H,8-9H2,1-2H3. The van der Waals surface area contributed by atoms with E-state index in [0.717, 1.165) is 14.8 Å². The highest BCUT2D eigenvalue weighted by Crippen LogP contribution is 2.22. The van der Waals surface area contributed by atoms with E-state index in [2.05, 4.69) is 32.0 Å². The molecule has 3 heteroatoms. The van der Waals surface area contributed by atoms with Gasteiger partial charge >= 0.3 is 0 Å². The van der Waals surface area contributed by atoms with Gasteiger partial charge in [0.2, 0.25) is 0 Å². The molecule has 0 aliphatic rings. The topological polar surface area (TPSA) is 17.1 Å². The van der Waals surface area contributed by atoms with Crippen molar-refractivity contribution in [2.24, 2.45) is 0 Å². The van der Waals surface area contributed by atoms with Crippen molar-refractivity contribution in [3.8, 4) is 0 Å². The van der Waals surface area contributed by atoms with Crippen LogP contribution in [0.4, 0.5) is 0 Å². The van der Waals surface area contributed by atoms with E-state index in [-0.39, 0.29) is 5.78 Å². The number of rotatable bonds is 4. The highest BCUT2D eigenvalue weighted by atomic mass is 35.5. The van der Waals surface area contributed by atoms with Gasteiger partial charge in [-0.2, -0.15) is 0 Å². The van der Waals surface area contributed by atoms with Gasteiger partial charge in [-0.1, -0.05) is 40.9 Å². The van der Waals surface area contributed by atoms with Gasteiger partial charge in [0.15, 0.2) is 0 Å². The summed E-state index contributed by atoms with van der Waals surface area (Å²) in [6, 6.07) is 10.0. The Labute approximate surface area is 116 Å². The van der Waals surface area contributed by atoms with Gasteiger partial charge in [-0.3, -0.25) is 4.79 Å². The summed E-state index contributed by atoms with van der Waals surface area (Å²) >= 11 is 7.33. The first-order chi connectivity index (χ1) is 8.52. The third kappa shape index (κ3) is 3.69. The van der Waals surface area contributed by atoms with Crippen LogP contribution in [-0.2, 0) is 17.6 Å². The number of benzene rings is 1. The lowest BCUT2D eigenvalue weighted by molar-refractivity contribution is -0.117. The Balaban J connectivity index is 2.02. The molecule has 0 unspecified atom stereocenters. The highest BCUT2D eigenvalue weighted by Gasteiger charge is 2.08. The first-order valence-electron chi connectivity index (χ1n) is 5.86. The Bertz CT molecular complexity index is 551. The van der Waals surface area contributed by atoms with E-state index in [4.69, 9.17) is 11.6 Å². The number of carbonyl (C=O) groups is 1. The van der Waals surface area contributed by atoms with Gasteiger partial charge in [0.25, 0.3) is 0 Å². The van der Waals surface area contributed by atoms with Gasteiger partial charge < -0.3 is 0 Å². The number of halogens is 1. The average Bonchev–Trinajstić information content (AvgIpc) is 2.61. The molecule has 0 amide bonds. The van der Waals surface area contributed by atoms with Crippen LogP contribution in [0.3, 0.4) is 0 Å². The second-order valence-electron chi connectivity index (χ2n) is 4.59. The van der Waals surface area contributed by atoms with Crippen LogP contribution in [0.1, 0.15) is 21.6 Å². The van der Waals surface area contributed by atoms with Crippen molar-refractivity contribution < 1.29 is 4.79 Å². The maximum atomic E-state index is 12.0. The van der Waals surface area contributed by atoms with Crippen molar-refractivity contribution in [3.05, 3.63) is 56.2 Å². The predicted octanol–water partition coefficient (Wildman–Crippen LogP) is 4.37. The van der Waals surface area contributed by atoms with Crippen LogP contribution in [0.2, 0.25) is 4.34 Å². The second-order valence-corrected chi connectivity index (χ2v) is 6.39. The van der Waals surface area contributed by atoms with Crippen LogP contribution in [0.5, 0.6) is 0 Å². The van der Waals surface area contributed by atoms with E-state index < -0.39 is 0 Å². The first kappa shape index (κ1) is 13.3. The molecule has 1 aromatic carbocycles. The van der Waals surface area contributed by atoms with Gasteiger partial charge in [-0.05, 0) is 31.5 Å². The number of Topliss-reactive ketones (excluding diaryl/α,β-unsaturated/α-hetero) is 1. The molecule has 0 bridgehead atoms. The second kappa shape index (κ2) is 5.68. The first-order valence-corrected chi connectivity index (χ1v) is 7.05. The summed E-state index contributed by atoms with van der Waals surface area (Å²) in [7, 11) is 0. The summed E-state index contributed by atoms with van der Waals surface area (Å²) in [5, 5.41) is 0. The third-order valence-electron chi connectivity index (χ3n) is 2.68. The van der Waals surface area contributed by atoms with E-state index in [0.29, 0.717) is 12.8 Å². The van der Waals surface area contributed by atoms with Crippen LogP contribution in [0.25, 0.3) is 0 Å².